The maximum atomic E-state index is 12.0. The molecule has 2 aromatic carbocycles. The van der Waals surface area contributed by atoms with Gasteiger partial charge in [-0.3, -0.25) is 9.78 Å². The van der Waals surface area contributed by atoms with Gasteiger partial charge < -0.3 is 9.47 Å². The molecule has 1 heterocycles. The average Bonchev–Trinajstić information content (AvgIpc) is 2.74. The van der Waals surface area contributed by atoms with Gasteiger partial charge in [-0.1, -0.05) is 29.8 Å². The first-order valence-electron chi connectivity index (χ1n) is 9.34. The number of hydrogen-bond acceptors (Lipinski definition) is 5. The number of aromatic nitrogens is 1. The van der Waals surface area contributed by atoms with Gasteiger partial charge in [0.2, 0.25) is 0 Å². The second-order valence-electron chi connectivity index (χ2n) is 6.35. The van der Waals surface area contributed by atoms with Gasteiger partial charge in [0.15, 0.2) is 11.5 Å². The standard InChI is InChI=1S/C23H23N3O3/c1-3-28-22-14-18(15-25-26-23(27)20-9-11-24-12-10-20)7-8-21(22)29-16-19-6-4-5-17(2)13-19/h4-15H,3,16H2,1-2H3,(H,26,27)/b25-15-. The summed E-state index contributed by atoms with van der Waals surface area (Å²) in [5.41, 5.74) is 6.06. The van der Waals surface area contributed by atoms with E-state index in [1.165, 1.54) is 5.56 Å². The van der Waals surface area contributed by atoms with Crippen LogP contribution in [0, 0.1) is 6.92 Å². The Kier molecular flexibility index (Phi) is 6.95. The third kappa shape index (κ3) is 5.90. The van der Waals surface area contributed by atoms with Crippen LogP contribution in [0.25, 0.3) is 0 Å². The Labute approximate surface area is 170 Å². The zero-order valence-corrected chi connectivity index (χ0v) is 16.5. The highest BCUT2D eigenvalue weighted by atomic mass is 16.5. The Morgan fingerprint density at radius 2 is 1.90 bits per heavy atom. The number of pyridine rings is 1. The van der Waals surface area contributed by atoms with E-state index >= 15 is 0 Å². The summed E-state index contributed by atoms with van der Waals surface area (Å²) < 4.78 is 11.6. The zero-order valence-electron chi connectivity index (χ0n) is 16.5. The van der Waals surface area contributed by atoms with Crippen LogP contribution in [0.15, 0.2) is 72.1 Å². The smallest absolute Gasteiger partial charge is 0.271 e. The Bertz CT molecular complexity index is 988. The number of aryl methyl sites for hydroxylation is 1. The number of ether oxygens (including phenoxy) is 2. The van der Waals surface area contributed by atoms with Crippen LogP contribution in [0.4, 0.5) is 0 Å². The van der Waals surface area contributed by atoms with Gasteiger partial charge in [-0.15, -0.1) is 0 Å². The minimum Gasteiger partial charge on any atom is -0.490 e. The van der Waals surface area contributed by atoms with Crippen molar-refractivity contribution < 1.29 is 14.3 Å². The lowest BCUT2D eigenvalue weighted by Crippen LogP contribution is -2.17. The minimum absolute atomic E-state index is 0.299. The van der Waals surface area contributed by atoms with Crippen LogP contribution in [0.5, 0.6) is 11.5 Å². The molecule has 0 fully saturated rings. The summed E-state index contributed by atoms with van der Waals surface area (Å²) >= 11 is 0. The van der Waals surface area contributed by atoms with Gasteiger partial charge in [0, 0.05) is 18.0 Å². The van der Waals surface area contributed by atoms with Crippen molar-refractivity contribution >= 4 is 12.1 Å². The van der Waals surface area contributed by atoms with E-state index in [2.05, 4.69) is 34.6 Å². The van der Waals surface area contributed by atoms with Gasteiger partial charge in [-0.2, -0.15) is 5.10 Å². The van der Waals surface area contributed by atoms with Crippen LogP contribution in [-0.4, -0.2) is 23.7 Å². The van der Waals surface area contributed by atoms with Crippen LogP contribution in [0.2, 0.25) is 0 Å². The topological polar surface area (TPSA) is 72.8 Å². The highest BCUT2D eigenvalue weighted by Crippen LogP contribution is 2.29. The molecular formula is C23H23N3O3. The number of benzene rings is 2. The molecule has 148 valence electrons. The molecule has 0 bridgehead atoms. The van der Waals surface area contributed by atoms with Crippen molar-refractivity contribution in [3.8, 4) is 11.5 Å². The predicted octanol–water partition coefficient (Wildman–Crippen LogP) is 4.13. The third-order valence-electron chi connectivity index (χ3n) is 4.07. The summed E-state index contributed by atoms with van der Waals surface area (Å²) in [4.78, 5) is 15.9. The summed E-state index contributed by atoms with van der Waals surface area (Å²) in [5.74, 6) is 0.989. The molecule has 6 heteroatoms. The van der Waals surface area contributed by atoms with Crippen molar-refractivity contribution in [3.63, 3.8) is 0 Å². The largest absolute Gasteiger partial charge is 0.490 e. The lowest BCUT2D eigenvalue weighted by Gasteiger charge is -2.13. The molecule has 0 aliphatic rings. The fourth-order valence-electron chi connectivity index (χ4n) is 2.69. The Hall–Kier alpha value is -3.67. The Balaban J connectivity index is 1.66. The quantitative estimate of drug-likeness (QED) is 0.464. The molecule has 0 atom stereocenters. The maximum Gasteiger partial charge on any atom is 0.271 e. The molecule has 1 amide bonds. The van der Waals surface area contributed by atoms with E-state index in [0.717, 1.165) is 11.1 Å². The molecule has 0 spiro atoms. The van der Waals surface area contributed by atoms with Crippen molar-refractivity contribution in [2.75, 3.05) is 6.61 Å². The monoisotopic (exact) mass is 389 g/mol. The number of amides is 1. The number of nitrogens with one attached hydrogen (secondary N) is 1. The molecule has 1 N–H and O–H groups in total. The van der Waals surface area contributed by atoms with Gasteiger partial charge in [0.25, 0.3) is 5.91 Å². The molecular weight excluding hydrogens is 366 g/mol. The summed E-state index contributed by atoms with van der Waals surface area (Å²) in [5, 5.41) is 4.01. The van der Waals surface area contributed by atoms with Crippen LogP contribution in [0.3, 0.4) is 0 Å². The van der Waals surface area contributed by atoms with Crippen molar-refractivity contribution in [1.82, 2.24) is 10.4 Å². The number of nitrogens with zero attached hydrogens (tertiary/aromatic N) is 2. The van der Waals surface area contributed by atoms with E-state index in [0.29, 0.717) is 30.3 Å². The fraction of sp³-hybridized carbons (Fsp3) is 0.174. The first kappa shape index (κ1) is 20.1. The molecule has 6 nitrogen and oxygen atoms in total. The molecule has 29 heavy (non-hydrogen) atoms. The van der Waals surface area contributed by atoms with Crippen LogP contribution in [0.1, 0.15) is 34.0 Å². The van der Waals surface area contributed by atoms with Crippen molar-refractivity contribution in [2.45, 2.75) is 20.5 Å². The van der Waals surface area contributed by atoms with Crippen LogP contribution >= 0.6 is 0 Å². The van der Waals surface area contributed by atoms with Crippen LogP contribution in [-0.2, 0) is 6.61 Å². The first-order valence-corrected chi connectivity index (χ1v) is 9.34. The normalized spacial score (nSPS) is 10.7. The molecule has 0 radical (unpaired) electrons. The number of hydrogen-bond donors (Lipinski definition) is 1. The summed E-state index contributed by atoms with van der Waals surface area (Å²) in [6.45, 7) is 4.94. The van der Waals surface area contributed by atoms with Gasteiger partial charge >= 0.3 is 0 Å². The molecule has 0 unspecified atom stereocenters. The van der Waals surface area contributed by atoms with Crippen molar-refractivity contribution in [3.05, 3.63) is 89.2 Å². The van der Waals surface area contributed by atoms with Gasteiger partial charge in [0.05, 0.1) is 12.8 Å². The number of rotatable bonds is 8. The first-order chi connectivity index (χ1) is 14.2. The summed E-state index contributed by atoms with van der Waals surface area (Å²) in [6.07, 6.45) is 4.68. The fourth-order valence-corrected chi connectivity index (χ4v) is 2.69. The highest BCUT2D eigenvalue weighted by Gasteiger charge is 2.07. The van der Waals surface area contributed by atoms with E-state index in [4.69, 9.17) is 9.47 Å². The average molecular weight is 389 g/mol. The molecule has 1 aromatic heterocycles. The maximum absolute atomic E-state index is 12.0. The Morgan fingerprint density at radius 1 is 1.07 bits per heavy atom. The lowest BCUT2D eigenvalue weighted by molar-refractivity contribution is 0.0955. The van der Waals surface area contributed by atoms with E-state index in [1.54, 1.807) is 30.7 Å². The van der Waals surface area contributed by atoms with Crippen LogP contribution < -0.4 is 14.9 Å². The summed E-state index contributed by atoms with van der Waals surface area (Å²) in [6, 6.07) is 17.0. The lowest BCUT2D eigenvalue weighted by atomic mass is 10.1. The van der Waals surface area contributed by atoms with E-state index in [-0.39, 0.29) is 5.91 Å². The third-order valence-corrected chi connectivity index (χ3v) is 4.07. The van der Waals surface area contributed by atoms with Gasteiger partial charge in [-0.05, 0) is 55.3 Å². The SMILES string of the molecule is CCOc1cc(/C=N\NC(=O)c2ccncc2)ccc1OCc1cccc(C)c1. The van der Waals surface area contributed by atoms with E-state index < -0.39 is 0 Å². The molecule has 0 aliphatic heterocycles. The molecule has 3 rings (SSSR count). The molecule has 0 saturated heterocycles. The highest BCUT2D eigenvalue weighted by molar-refractivity contribution is 5.94. The predicted molar refractivity (Wildman–Crippen MR) is 112 cm³/mol. The zero-order chi connectivity index (χ0) is 20.5. The molecule has 0 aliphatic carbocycles. The number of carbonyl (C=O) groups excluding carboxylic acids is 1. The molecule has 0 saturated carbocycles. The van der Waals surface area contributed by atoms with Crippen molar-refractivity contribution in [2.24, 2.45) is 5.10 Å². The second kappa shape index (κ2) is 10.0. The van der Waals surface area contributed by atoms with Crippen molar-refractivity contribution in [1.29, 1.82) is 0 Å². The number of hydrazone groups is 1. The second-order valence-corrected chi connectivity index (χ2v) is 6.35. The van der Waals surface area contributed by atoms with Gasteiger partial charge in [0.1, 0.15) is 6.61 Å². The molecule has 3 aromatic rings. The number of carbonyl (C=O) groups is 1. The summed E-state index contributed by atoms with van der Waals surface area (Å²) in [7, 11) is 0. The van der Waals surface area contributed by atoms with Gasteiger partial charge in [-0.25, -0.2) is 5.43 Å². The minimum atomic E-state index is -0.299. The van der Waals surface area contributed by atoms with E-state index in [9.17, 15) is 4.79 Å². The van der Waals surface area contributed by atoms with E-state index in [1.807, 2.05) is 37.3 Å². The Morgan fingerprint density at radius 3 is 2.66 bits per heavy atom.